The van der Waals surface area contributed by atoms with Gasteiger partial charge in [0.25, 0.3) is 0 Å². The first-order chi connectivity index (χ1) is 23.6. The Morgan fingerprint density at radius 3 is 2.04 bits per heavy atom. The second kappa shape index (κ2) is 23.1. The first-order valence-electron chi connectivity index (χ1n) is 17.4. The van der Waals surface area contributed by atoms with Crippen LogP contribution in [0.15, 0.2) is 48.5 Å². The van der Waals surface area contributed by atoms with Crippen LogP contribution in [-0.2, 0) is 23.9 Å². The molecular weight excluding hydrogens is 632 g/mol. The van der Waals surface area contributed by atoms with Crippen LogP contribution in [-0.4, -0.2) is 46.9 Å². The van der Waals surface area contributed by atoms with Crippen molar-refractivity contribution in [3.8, 4) is 0 Å². The largest absolute Gasteiger partial charge is 0.417 e. The van der Waals surface area contributed by atoms with Gasteiger partial charge in [-0.25, -0.2) is 4.39 Å². The van der Waals surface area contributed by atoms with Crippen molar-refractivity contribution in [3.63, 3.8) is 0 Å². The fourth-order valence-electron chi connectivity index (χ4n) is 5.37. The van der Waals surface area contributed by atoms with E-state index < -0.39 is 17.9 Å². The van der Waals surface area contributed by atoms with E-state index in [0.29, 0.717) is 29.9 Å². The molecule has 1 unspecified atom stereocenters. The number of benzene rings is 3. The molecule has 0 bridgehead atoms. The Balaban J connectivity index is 0.00000137. The number of halogens is 4. The van der Waals surface area contributed by atoms with Crippen LogP contribution in [0.3, 0.4) is 0 Å². The summed E-state index contributed by atoms with van der Waals surface area (Å²) in [5, 5.41) is 9.77. The minimum atomic E-state index is -4.63. The molecule has 0 radical (unpaired) electrons. The number of alkyl halides is 3. The molecule has 4 rings (SSSR count). The van der Waals surface area contributed by atoms with E-state index in [1.54, 1.807) is 19.1 Å². The molecule has 1 fully saturated rings. The lowest BCUT2D eigenvalue weighted by Crippen LogP contribution is -2.44. The standard InChI is InChI=1S/C31H39F4N5O.C4H10.C2H6.CH5N/c1-4-13-38-28-21(7-5-9-25(28)32)18-22-8-6-10-26(40-16-14-37-15-17-40)29(22)39-30(36)23-12-11-20(2)24(19-41-3)27(23)31(33,34)35;1-3-4-2;2*1-2/h5-12,30,37-39H,4,13-19,36H2,1-3H3;3-4H2,1-2H3;1-2H3;2H2,1H3. The molecule has 1 heterocycles. The van der Waals surface area contributed by atoms with E-state index in [0.717, 1.165) is 49.4 Å². The molecule has 7 nitrogen and oxygen atoms in total. The lowest BCUT2D eigenvalue weighted by molar-refractivity contribution is -0.139. The number of para-hydroxylation sites is 2. The average Bonchev–Trinajstić information content (AvgIpc) is 3.11. The molecule has 0 spiro atoms. The zero-order valence-electron chi connectivity index (χ0n) is 30.8. The van der Waals surface area contributed by atoms with Gasteiger partial charge in [-0.05, 0) is 54.8 Å². The zero-order valence-corrected chi connectivity index (χ0v) is 30.8. The Morgan fingerprint density at radius 1 is 0.898 bits per heavy atom. The molecule has 0 aromatic heterocycles. The topological polar surface area (TPSA) is 101 Å². The van der Waals surface area contributed by atoms with Crippen molar-refractivity contribution >= 4 is 17.1 Å². The minimum absolute atomic E-state index is 0.0627. The smallest absolute Gasteiger partial charge is 0.382 e. The number of hydrogen-bond acceptors (Lipinski definition) is 7. The maximum atomic E-state index is 14.8. The molecule has 0 saturated carbocycles. The van der Waals surface area contributed by atoms with Gasteiger partial charge in [0.1, 0.15) is 12.0 Å². The molecule has 3 aromatic carbocycles. The lowest BCUT2D eigenvalue weighted by atomic mass is 9.94. The highest BCUT2D eigenvalue weighted by Crippen LogP contribution is 2.40. The summed E-state index contributed by atoms with van der Waals surface area (Å²) in [6.45, 7) is 15.4. The van der Waals surface area contributed by atoms with Gasteiger partial charge >= 0.3 is 6.18 Å². The van der Waals surface area contributed by atoms with Gasteiger partial charge in [-0.3, -0.25) is 0 Å². The van der Waals surface area contributed by atoms with Crippen LogP contribution in [0.5, 0.6) is 0 Å². The monoisotopic (exact) mass is 692 g/mol. The number of piperazine rings is 1. The van der Waals surface area contributed by atoms with Gasteiger partial charge in [-0.1, -0.05) is 83.9 Å². The molecule has 7 N–H and O–H groups in total. The van der Waals surface area contributed by atoms with E-state index in [-0.39, 0.29) is 23.6 Å². The summed E-state index contributed by atoms with van der Waals surface area (Å²) in [4.78, 5) is 2.19. The van der Waals surface area contributed by atoms with E-state index >= 15 is 0 Å². The molecule has 11 heteroatoms. The van der Waals surface area contributed by atoms with E-state index in [2.05, 4.69) is 40.4 Å². The van der Waals surface area contributed by atoms with Crippen molar-refractivity contribution in [2.24, 2.45) is 11.5 Å². The number of unbranched alkanes of at least 4 members (excludes halogenated alkanes) is 1. The van der Waals surface area contributed by atoms with Gasteiger partial charge in [0, 0.05) is 51.8 Å². The first-order valence-corrected chi connectivity index (χ1v) is 17.4. The number of rotatable bonds is 12. The number of methoxy groups -OCH3 is 1. The third kappa shape index (κ3) is 12.8. The summed E-state index contributed by atoms with van der Waals surface area (Å²) in [6, 6.07) is 13.8. The maximum absolute atomic E-state index is 14.8. The number of nitrogens with two attached hydrogens (primary N) is 2. The van der Waals surface area contributed by atoms with Crippen molar-refractivity contribution in [2.75, 3.05) is 62.4 Å². The normalized spacial score (nSPS) is 13.1. The quantitative estimate of drug-likeness (QED) is 0.0958. The molecule has 1 atom stereocenters. The van der Waals surface area contributed by atoms with Crippen molar-refractivity contribution in [1.82, 2.24) is 5.32 Å². The highest BCUT2D eigenvalue weighted by atomic mass is 19.4. The SMILES string of the molecule is CC.CCCC.CCCNc1c(F)cccc1Cc1cccc(N2CCNCC2)c1NC(N)c1ccc(C)c(COC)c1C(F)(F)F.CN. The lowest BCUT2D eigenvalue weighted by Gasteiger charge is -2.33. The highest BCUT2D eigenvalue weighted by Gasteiger charge is 2.38. The molecular formula is C38H60F4N6O. The van der Waals surface area contributed by atoms with Crippen molar-refractivity contribution in [3.05, 3.63) is 87.7 Å². The second-order valence-electron chi connectivity index (χ2n) is 11.3. The van der Waals surface area contributed by atoms with Gasteiger partial charge in [-0.2, -0.15) is 13.2 Å². The third-order valence-corrected chi connectivity index (χ3v) is 7.91. The molecule has 1 aliphatic rings. The van der Waals surface area contributed by atoms with E-state index in [1.165, 1.54) is 39.1 Å². The molecule has 1 saturated heterocycles. The summed E-state index contributed by atoms with van der Waals surface area (Å²) in [6.07, 6.45) is -1.97. The molecule has 3 aromatic rings. The van der Waals surface area contributed by atoms with Crippen molar-refractivity contribution in [2.45, 2.75) is 86.2 Å². The fourth-order valence-corrected chi connectivity index (χ4v) is 5.37. The van der Waals surface area contributed by atoms with Gasteiger partial charge < -0.3 is 37.1 Å². The van der Waals surface area contributed by atoms with Gasteiger partial charge in [0.05, 0.1) is 29.2 Å². The zero-order chi connectivity index (χ0) is 37.0. The maximum Gasteiger partial charge on any atom is 0.417 e. The molecule has 49 heavy (non-hydrogen) atoms. The van der Waals surface area contributed by atoms with E-state index in [9.17, 15) is 17.6 Å². The average molecular weight is 693 g/mol. The van der Waals surface area contributed by atoms with E-state index in [1.807, 2.05) is 45.0 Å². The predicted octanol–water partition coefficient (Wildman–Crippen LogP) is 8.60. The van der Waals surface area contributed by atoms with Gasteiger partial charge in [0.15, 0.2) is 0 Å². The van der Waals surface area contributed by atoms with Crippen molar-refractivity contribution < 1.29 is 22.3 Å². The molecule has 1 aliphatic heterocycles. The number of hydrogen-bond donors (Lipinski definition) is 5. The van der Waals surface area contributed by atoms with Gasteiger partial charge in [0.2, 0.25) is 0 Å². The number of aryl methyl sites for hydroxylation is 1. The number of nitrogens with zero attached hydrogens (tertiary/aromatic N) is 1. The number of ether oxygens (including phenoxy) is 1. The minimum Gasteiger partial charge on any atom is -0.382 e. The Bertz CT molecular complexity index is 1360. The van der Waals surface area contributed by atoms with Crippen LogP contribution in [0, 0.1) is 12.7 Å². The van der Waals surface area contributed by atoms with Crippen LogP contribution < -0.4 is 32.3 Å². The summed E-state index contributed by atoms with van der Waals surface area (Å²) in [7, 11) is 2.87. The van der Waals surface area contributed by atoms with Crippen molar-refractivity contribution in [1.29, 1.82) is 0 Å². The number of anilines is 3. The van der Waals surface area contributed by atoms with E-state index in [4.69, 9.17) is 10.5 Å². The van der Waals surface area contributed by atoms with Crippen LogP contribution in [0.25, 0.3) is 0 Å². The molecule has 276 valence electrons. The Labute approximate surface area is 292 Å². The van der Waals surface area contributed by atoms with Gasteiger partial charge in [-0.15, -0.1) is 0 Å². The predicted molar refractivity (Wildman–Crippen MR) is 199 cm³/mol. The second-order valence-corrected chi connectivity index (χ2v) is 11.3. The van der Waals surface area contributed by atoms with Crippen LogP contribution in [0.4, 0.5) is 34.6 Å². The third-order valence-electron chi connectivity index (χ3n) is 7.91. The molecule has 0 aliphatic carbocycles. The molecule has 0 amide bonds. The van der Waals surface area contributed by atoms with Crippen LogP contribution in [0.2, 0.25) is 0 Å². The Morgan fingerprint density at radius 2 is 1.49 bits per heavy atom. The first kappa shape index (κ1) is 43.6. The van der Waals surface area contributed by atoms with Crippen LogP contribution >= 0.6 is 0 Å². The summed E-state index contributed by atoms with van der Waals surface area (Å²) in [5.74, 6) is -0.347. The van der Waals surface area contributed by atoms with Crippen LogP contribution in [0.1, 0.15) is 93.4 Å². The number of nitrogens with one attached hydrogen (secondary N) is 3. The fraction of sp³-hybridized carbons (Fsp3) is 0.526. The Kier molecular flexibility index (Phi) is 20.6. The Hall–Kier alpha value is -3.38. The summed E-state index contributed by atoms with van der Waals surface area (Å²) in [5.41, 5.74) is 14.2. The summed E-state index contributed by atoms with van der Waals surface area (Å²) >= 11 is 0. The summed E-state index contributed by atoms with van der Waals surface area (Å²) < 4.78 is 63.3. The highest BCUT2D eigenvalue weighted by molar-refractivity contribution is 5.75.